The van der Waals surface area contributed by atoms with Gasteiger partial charge in [-0.1, -0.05) is 152 Å². The minimum atomic E-state index is 0.459. The number of rotatable bonds is 0. The summed E-state index contributed by atoms with van der Waals surface area (Å²) in [5.74, 6) is 3.65. The topological polar surface area (TPSA) is 84.2 Å². The molecule has 384 valence electrons. The third-order valence-electron chi connectivity index (χ3n) is 15.7. The van der Waals surface area contributed by atoms with Gasteiger partial charge in [-0.2, -0.15) is 0 Å². The molecule has 7 fully saturated rings. The molecular weight excluding hydrogens is 783 g/mol. The molecule has 0 bridgehead atoms. The molecule has 7 rings (SSSR count). The van der Waals surface area contributed by atoms with Crippen molar-refractivity contribution in [1.82, 2.24) is 37.2 Å². The first kappa shape index (κ1) is 61.7. The summed E-state index contributed by atoms with van der Waals surface area (Å²) < 4.78 is 0. The van der Waals surface area contributed by atoms with Crippen molar-refractivity contribution in [1.29, 1.82) is 0 Å². The zero-order chi connectivity index (χ0) is 49.0. The van der Waals surface area contributed by atoms with E-state index in [1.807, 2.05) is 0 Å². The SMILES string of the molecule is CC(C)(C)C1CCCCN1.CC(C)(C)C1CCCN1.CC(C)(C)C1CCCNC1.CC(C)(C)C1CCN1.CC(C)(C)C1CCNC1.CC(C)(C)C1CCNCC1.CC(C)(C)C1CNC1. The van der Waals surface area contributed by atoms with Gasteiger partial charge in [0.05, 0.1) is 0 Å². The standard InChI is InChI=1S/3C9H19N.2C8H17N.2C7H15N/c1-9(2,3)8-4-6-10-7-5-8;1-9(2,3)8-5-4-6-10-7-8;1-9(2,3)8-6-4-5-7-10-8;1-8(2,3)7-4-5-9-6-7;1-8(2,3)7-5-4-6-9-7;1-7(2,3)6-4-8-5-6;1-7(2,3)6-4-5-8-6/h3*8,10H,4-7H2,1-3H3;2*7,9H,4-6H2,1-3H3;2*6,8H,4-5H2,1-3H3. The molecule has 7 heteroatoms. The molecule has 0 aliphatic carbocycles. The molecule has 0 amide bonds. The van der Waals surface area contributed by atoms with Gasteiger partial charge < -0.3 is 37.2 Å². The van der Waals surface area contributed by atoms with Crippen molar-refractivity contribution < 1.29 is 0 Å². The van der Waals surface area contributed by atoms with Crippen molar-refractivity contribution in [2.24, 2.45) is 61.6 Å². The van der Waals surface area contributed by atoms with Crippen LogP contribution in [0.3, 0.4) is 0 Å². The summed E-state index contributed by atoms with van der Waals surface area (Å²) >= 11 is 0. The fourth-order valence-electron chi connectivity index (χ4n) is 9.62. The Hall–Kier alpha value is -0.280. The van der Waals surface area contributed by atoms with Crippen LogP contribution in [0.5, 0.6) is 0 Å². The number of hydrogen-bond donors (Lipinski definition) is 7. The summed E-state index contributed by atoms with van der Waals surface area (Å²) in [4.78, 5) is 0. The number of hydrogen-bond acceptors (Lipinski definition) is 7. The first-order valence-corrected chi connectivity index (χ1v) is 27.3. The molecule has 7 aliphatic rings. The van der Waals surface area contributed by atoms with Crippen LogP contribution in [0.4, 0.5) is 0 Å². The van der Waals surface area contributed by atoms with Crippen LogP contribution in [0.15, 0.2) is 0 Å². The zero-order valence-electron chi connectivity index (χ0n) is 47.6. The molecule has 5 atom stereocenters. The molecule has 7 saturated heterocycles. The highest BCUT2D eigenvalue weighted by atomic mass is 15.0. The van der Waals surface area contributed by atoms with Crippen molar-refractivity contribution in [3.63, 3.8) is 0 Å². The molecule has 0 saturated carbocycles. The van der Waals surface area contributed by atoms with Crippen LogP contribution in [0, 0.1) is 61.6 Å². The van der Waals surface area contributed by atoms with Gasteiger partial charge >= 0.3 is 0 Å². The monoisotopic (exact) mass is 904 g/mol. The number of piperidine rings is 3. The van der Waals surface area contributed by atoms with Crippen molar-refractivity contribution in [2.75, 3.05) is 72.0 Å². The van der Waals surface area contributed by atoms with Gasteiger partial charge in [0.2, 0.25) is 0 Å². The molecule has 7 N–H and O–H groups in total. The van der Waals surface area contributed by atoms with Crippen LogP contribution in [0.2, 0.25) is 0 Å². The largest absolute Gasteiger partial charge is 0.317 e. The molecule has 0 aromatic heterocycles. The van der Waals surface area contributed by atoms with E-state index in [0.29, 0.717) is 37.9 Å². The highest BCUT2D eigenvalue weighted by molar-refractivity contribution is 4.88. The van der Waals surface area contributed by atoms with E-state index < -0.39 is 0 Å². The Kier molecular flexibility index (Phi) is 27.4. The average Bonchev–Trinajstić information content (AvgIpc) is 3.87. The smallest absolute Gasteiger partial charge is 0.0128 e. The Morgan fingerprint density at radius 3 is 0.766 bits per heavy atom. The van der Waals surface area contributed by atoms with Crippen molar-refractivity contribution >= 4 is 0 Å². The maximum atomic E-state index is 3.56. The van der Waals surface area contributed by atoms with Crippen LogP contribution in [-0.4, -0.2) is 90.1 Å². The average molecular weight is 905 g/mol. The van der Waals surface area contributed by atoms with Crippen LogP contribution in [0.1, 0.15) is 216 Å². The summed E-state index contributed by atoms with van der Waals surface area (Å²) in [5, 5.41) is 23.9. The summed E-state index contributed by atoms with van der Waals surface area (Å²) in [6, 6.07) is 2.29. The lowest BCUT2D eigenvalue weighted by Gasteiger charge is -2.38. The summed E-state index contributed by atoms with van der Waals surface area (Å²) in [5.41, 5.74) is 3.50. The molecule has 7 nitrogen and oxygen atoms in total. The lowest BCUT2D eigenvalue weighted by atomic mass is 9.76. The Balaban J connectivity index is 0.000000374. The third-order valence-corrected chi connectivity index (χ3v) is 15.7. The Labute approximate surface area is 403 Å². The van der Waals surface area contributed by atoms with Gasteiger partial charge in [-0.15, -0.1) is 0 Å². The minimum Gasteiger partial charge on any atom is -0.317 e. The number of nitrogens with one attached hydrogen (secondary N) is 7. The fraction of sp³-hybridized carbons (Fsp3) is 1.00. The van der Waals surface area contributed by atoms with E-state index >= 15 is 0 Å². The van der Waals surface area contributed by atoms with Crippen molar-refractivity contribution in [3.8, 4) is 0 Å². The van der Waals surface area contributed by atoms with Gasteiger partial charge in [0, 0.05) is 18.1 Å². The van der Waals surface area contributed by atoms with Gasteiger partial charge in [0.25, 0.3) is 0 Å². The Bertz CT molecular complexity index is 1010. The van der Waals surface area contributed by atoms with Crippen LogP contribution >= 0.6 is 0 Å². The molecule has 7 heterocycles. The van der Waals surface area contributed by atoms with Gasteiger partial charge in [0.15, 0.2) is 0 Å². The Morgan fingerprint density at radius 1 is 0.234 bits per heavy atom. The molecule has 0 aromatic rings. The second-order valence-corrected chi connectivity index (χ2v) is 28.6. The van der Waals surface area contributed by atoms with Gasteiger partial charge in [0.1, 0.15) is 0 Å². The van der Waals surface area contributed by atoms with Gasteiger partial charge in [-0.05, 0) is 198 Å². The van der Waals surface area contributed by atoms with Crippen LogP contribution < -0.4 is 37.2 Å². The summed E-state index contributed by atoms with van der Waals surface area (Å²) in [7, 11) is 0. The van der Waals surface area contributed by atoms with Crippen molar-refractivity contribution in [3.05, 3.63) is 0 Å². The Morgan fingerprint density at radius 2 is 0.562 bits per heavy atom. The maximum Gasteiger partial charge on any atom is 0.0128 e. The highest BCUT2D eigenvalue weighted by Crippen LogP contribution is 2.33. The first-order chi connectivity index (χ1) is 29.2. The molecule has 5 unspecified atom stereocenters. The fourth-order valence-corrected chi connectivity index (χ4v) is 9.62. The second kappa shape index (κ2) is 28.4. The molecule has 64 heavy (non-hydrogen) atoms. The lowest BCUT2D eigenvalue weighted by molar-refractivity contribution is 0.165. The van der Waals surface area contributed by atoms with Crippen molar-refractivity contribution in [2.45, 2.75) is 234 Å². The minimum absolute atomic E-state index is 0.459. The van der Waals surface area contributed by atoms with Gasteiger partial charge in [-0.3, -0.25) is 0 Å². The predicted molar refractivity (Wildman–Crippen MR) is 288 cm³/mol. The second-order valence-electron chi connectivity index (χ2n) is 28.6. The summed E-state index contributed by atoms with van der Waals surface area (Å²) in [6.45, 7) is 62.1. The van der Waals surface area contributed by atoms with E-state index in [1.165, 1.54) is 143 Å². The van der Waals surface area contributed by atoms with Crippen LogP contribution in [-0.2, 0) is 0 Å². The summed E-state index contributed by atoms with van der Waals surface area (Å²) in [6.07, 6.45) is 15.1. The van der Waals surface area contributed by atoms with E-state index in [-0.39, 0.29) is 0 Å². The zero-order valence-corrected chi connectivity index (χ0v) is 47.6. The third kappa shape index (κ3) is 27.0. The molecule has 7 aliphatic heterocycles. The van der Waals surface area contributed by atoms with E-state index in [0.717, 1.165) is 41.8 Å². The quantitative estimate of drug-likeness (QED) is 0.130. The lowest BCUT2D eigenvalue weighted by Crippen LogP contribution is -2.50. The maximum absolute atomic E-state index is 3.56. The van der Waals surface area contributed by atoms with E-state index in [1.54, 1.807) is 0 Å². The molecule has 0 spiro atoms. The molecule has 0 radical (unpaired) electrons. The van der Waals surface area contributed by atoms with E-state index in [2.05, 4.69) is 183 Å². The highest BCUT2D eigenvalue weighted by Gasteiger charge is 2.31. The molecular formula is C57H121N7. The van der Waals surface area contributed by atoms with E-state index in [4.69, 9.17) is 0 Å². The molecule has 0 aromatic carbocycles. The van der Waals surface area contributed by atoms with Gasteiger partial charge in [-0.25, -0.2) is 0 Å². The van der Waals surface area contributed by atoms with Crippen LogP contribution in [0.25, 0.3) is 0 Å². The predicted octanol–water partition coefficient (Wildman–Crippen LogP) is 12.3. The normalized spacial score (nSPS) is 27.2. The van der Waals surface area contributed by atoms with E-state index in [9.17, 15) is 0 Å². The first-order valence-electron chi connectivity index (χ1n) is 27.3.